The molecule has 0 aromatic heterocycles. The summed E-state index contributed by atoms with van der Waals surface area (Å²) in [5.74, 6) is 0.875. The maximum absolute atomic E-state index is 10.5. The molecule has 1 saturated heterocycles. The van der Waals surface area contributed by atoms with Crippen LogP contribution in [-0.2, 0) is 15.5 Å². The van der Waals surface area contributed by atoms with Crippen molar-refractivity contribution >= 4 is 10.8 Å². The summed E-state index contributed by atoms with van der Waals surface area (Å²) in [4.78, 5) is 0. The molecule has 0 bridgehead atoms. The molecule has 2 nitrogen and oxygen atoms in total. The Balaban J connectivity index is 1.94. The Bertz CT molecular complexity index is 133. The Morgan fingerprint density at radius 2 is 2.56 bits per heavy atom. The molecular weight excluding hydrogens is 136 g/mol. The van der Waals surface area contributed by atoms with E-state index in [1.807, 2.05) is 0 Å². The zero-order valence-electron chi connectivity index (χ0n) is 5.21. The molecule has 0 N–H and O–H groups in total. The lowest BCUT2D eigenvalue weighted by Crippen LogP contribution is -1.93. The number of ether oxygens (including phenoxy) is 1. The molecule has 0 spiro atoms. The minimum Gasteiger partial charge on any atom is -0.502 e. The molecule has 1 rings (SSSR count). The van der Waals surface area contributed by atoms with Crippen LogP contribution in [0.3, 0.4) is 0 Å². The van der Waals surface area contributed by atoms with Gasteiger partial charge in [-0.25, -0.2) is 0 Å². The largest absolute Gasteiger partial charge is 0.502 e. The van der Waals surface area contributed by atoms with Crippen molar-refractivity contribution in [3.8, 4) is 0 Å². The third-order valence-electron chi connectivity index (χ3n) is 1.28. The van der Waals surface area contributed by atoms with E-state index < -0.39 is 10.8 Å². The van der Waals surface area contributed by atoms with Gasteiger partial charge in [0.05, 0.1) is 12.9 Å². The summed E-state index contributed by atoms with van der Waals surface area (Å²) in [5.41, 5.74) is 0. The molecule has 0 amide bonds. The lowest BCUT2D eigenvalue weighted by atomic mass is 10.4. The SMILES string of the molecule is C=COCCC1CS1=O. The fourth-order valence-corrected chi connectivity index (χ4v) is 1.62. The molecule has 1 aliphatic rings. The van der Waals surface area contributed by atoms with Gasteiger partial charge in [-0.1, -0.05) is 6.58 Å². The molecule has 2 unspecified atom stereocenters. The molecule has 0 aliphatic carbocycles. The maximum Gasteiger partial charge on any atom is 0.0884 e. The van der Waals surface area contributed by atoms with Crippen molar-refractivity contribution in [1.82, 2.24) is 0 Å². The average Bonchev–Trinajstić information content (AvgIpc) is 2.48. The molecule has 1 heterocycles. The summed E-state index contributed by atoms with van der Waals surface area (Å²) in [7, 11) is -0.517. The predicted octanol–water partition coefficient (Wildman–Crippen LogP) is 0.667. The van der Waals surface area contributed by atoms with Crippen molar-refractivity contribution in [3.63, 3.8) is 0 Å². The Morgan fingerprint density at radius 1 is 1.89 bits per heavy atom. The van der Waals surface area contributed by atoms with Crippen LogP contribution in [0.5, 0.6) is 0 Å². The van der Waals surface area contributed by atoms with Gasteiger partial charge in [0, 0.05) is 21.8 Å². The first-order valence-corrected chi connectivity index (χ1v) is 4.32. The molecule has 0 aromatic rings. The normalized spacial score (nSPS) is 31.6. The summed E-state index contributed by atoms with van der Waals surface area (Å²) in [6, 6.07) is 0. The van der Waals surface area contributed by atoms with Gasteiger partial charge in [-0.3, -0.25) is 4.21 Å². The highest BCUT2D eigenvalue weighted by Crippen LogP contribution is 2.18. The number of hydrogen-bond acceptors (Lipinski definition) is 2. The molecule has 0 saturated carbocycles. The second-order valence-electron chi connectivity index (χ2n) is 2.00. The van der Waals surface area contributed by atoms with Gasteiger partial charge in [0.25, 0.3) is 0 Å². The summed E-state index contributed by atoms with van der Waals surface area (Å²) in [6.07, 6.45) is 2.34. The molecular formula is C6H10O2S. The van der Waals surface area contributed by atoms with Gasteiger partial charge in [-0.2, -0.15) is 0 Å². The van der Waals surface area contributed by atoms with Crippen molar-refractivity contribution in [3.05, 3.63) is 12.8 Å². The van der Waals surface area contributed by atoms with E-state index in [0.717, 1.165) is 12.2 Å². The second kappa shape index (κ2) is 3.01. The number of hydrogen-bond donors (Lipinski definition) is 0. The van der Waals surface area contributed by atoms with Crippen LogP contribution in [0.1, 0.15) is 6.42 Å². The van der Waals surface area contributed by atoms with E-state index in [9.17, 15) is 4.21 Å². The maximum atomic E-state index is 10.5. The zero-order valence-corrected chi connectivity index (χ0v) is 6.02. The van der Waals surface area contributed by atoms with Crippen molar-refractivity contribution in [2.45, 2.75) is 11.7 Å². The Kier molecular flexibility index (Phi) is 2.28. The molecule has 9 heavy (non-hydrogen) atoms. The van der Waals surface area contributed by atoms with Crippen LogP contribution in [0.15, 0.2) is 12.8 Å². The van der Waals surface area contributed by atoms with Crippen LogP contribution in [-0.4, -0.2) is 21.8 Å². The smallest absolute Gasteiger partial charge is 0.0884 e. The van der Waals surface area contributed by atoms with E-state index in [1.165, 1.54) is 6.26 Å². The predicted molar refractivity (Wildman–Crippen MR) is 37.6 cm³/mol. The van der Waals surface area contributed by atoms with Crippen molar-refractivity contribution < 1.29 is 8.95 Å². The summed E-state index contributed by atoms with van der Waals surface area (Å²) >= 11 is 0. The van der Waals surface area contributed by atoms with Gasteiger partial charge >= 0.3 is 0 Å². The Morgan fingerprint density at radius 3 is 3.00 bits per heavy atom. The van der Waals surface area contributed by atoms with Crippen molar-refractivity contribution in [2.24, 2.45) is 0 Å². The minimum absolute atomic E-state index is 0.421. The van der Waals surface area contributed by atoms with Crippen LogP contribution < -0.4 is 0 Å². The molecule has 3 heteroatoms. The summed E-state index contributed by atoms with van der Waals surface area (Å²) < 4.78 is 15.4. The van der Waals surface area contributed by atoms with Gasteiger partial charge in [0.1, 0.15) is 0 Å². The van der Waals surface area contributed by atoms with E-state index in [1.54, 1.807) is 0 Å². The third kappa shape index (κ3) is 2.18. The minimum atomic E-state index is -0.517. The lowest BCUT2D eigenvalue weighted by Gasteiger charge is -1.94. The van der Waals surface area contributed by atoms with E-state index >= 15 is 0 Å². The van der Waals surface area contributed by atoms with Crippen molar-refractivity contribution in [1.29, 1.82) is 0 Å². The summed E-state index contributed by atoms with van der Waals surface area (Å²) in [6.45, 7) is 4.07. The number of rotatable bonds is 4. The standard InChI is InChI=1S/C6H10O2S/c1-2-8-4-3-6-5-9(6)7/h2,6H,1,3-5H2. The highest BCUT2D eigenvalue weighted by atomic mass is 32.2. The zero-order chi connectivity index (χ0) is 6.69. The molecule has 2 atom stereocenters. The van der Waals surface area contributed by atoms with E-state index in [4.69, 9.17) is 4.74 Å². The average molecular weight is 146 g/mol. The monoisotopic (exact) mass is 146 g/mol. The Labute approximate surface area is 57.4 Å². The molecule has 52 valence electrons. The van der Waals surface area contributed by atoms with Crippen LogP contribution >= 0.6 is 0 Å². The van der Waals surface area contributed by atoms with Crippen molar-refractivity contribution in [2.75, 3.05) is 12.4 Å². The van der Waals surface area contributed by atoms with Crippen LogP contribution in [0.2, 0.25) is 0 Å². The molecule has 0 aromatic carbocycles. The second-order valence-corrected chi connectivity index (χ2v) is 3.76. The van der Waals surface area contributed by atoms with Crippen LogP contribution in [0.4, 0.5) is 0 Å². The quantitative estimate of drug-likeness (QED) is 0.331. The van der Waals surface area contributed by atoms with E-state index in [0.29, 0.717) is 11.9 Å². The van der Waals surface area contributed by atoms with Gasteiger partial charge in [-0.15, -0.1) is 0 Å². The topological polar surface area (TPSA) is 26.3 Å². The fourth-order valence-electron chi connectivity index (χ4n) is 0.642. The summed E-state index contributed by atoms with van der Waals surface area (Å²) in [5, 5.41) is 0.421. The van der Waals surface area contributed by atoms with Gasteiger partial charge in [0.2, 0.25) is 0 Å². The molecule has 1 fully saturated rings. The highest BCUT2D eigenvalue weighted by molar-refractivity contribution is 7.92. The first-order chi connectivity index (χ1) is 4.34. The van der Waals surface area contributed by atoms with Gasteiger partial charge in [-0.05, 0) is 6.42 Å². The fraction of sp³-hybridized carbons (Fsp3) is 0.667. The molecule has 1 aliphatic heterocycles. The molecule has 0 radical (unpaired) electrons. The lowest BCUT2D eigenvalue weighted by molar-refractivity contribution is 0.248. The van der Waals surface area contributed by atoms with Gasteiger partial charge < -0.3 is 4.74 Å². The third-order valence-corrected chi connectivity index (χ3v) is 2.73. The highest BCUT2D eigenvalue weighted by Gasteiger charge is 2.31. The van der Waals surface area contributed by atoms with Gasteiger partial charge in [0.15, 0.2) is 0 Å². The first-order valence-electron chi connectivity index (χ1n) is 2.94. The van der Waals surface area contributed by atoms with Crippen LogP contribution in [0.25, 0.3) is 0 Å². The van der Waals surface area contributed by atoms with E-state index in [2.05, 4.69) is 6.58 Å². The van der Waals surface area contributed by atoms with Crippen LogP contribution in [0, 0.1) is 0 Å². The first kappa shape index (κ1) is 6.81. The van der Waals surface area contributed by atoms with E-state index in [-0.39, 0.29) is 0 Å². The Hall–Kier alpha value is -0.310.